The van der Waals surface area contributed by atoms with Crippen molar-refractivity contribution < 1.29 is 0 Å². The molecule has 1 aliphatic rings. The maximum Gasteiger partial charge on any atom is 0.187 e. The number of hydrogen-bond donors (Lipinski definition) is 0. The predicted molar refractivity (Wildman–Crippen MR) is 165 cm³/mol. The average Bonchev–Trinajstić information content (AvgIpc) is 3.27. The number of fused-ring (bicyclic) bond motifs is 3. The van der Waals surface area contributed by atoms with Gasteiger partial charge >= 0.3 is 0 Å². The summed E-state index contributed by atoms with van der Waals surface area (Å²) in [5, 5.41) is 0. The van der Waals surface area contributed by atoms with Crippen LogP contribution < -0.4 is 0 Å². The van der Waals surface area contributed by atoms with E-state index in [9.17, 15) is 0 Å². The zero-order valence-electron chi connectivity index (χ0n) is 22.8. The van der Waals surface area contributed by atoms with Gasteiger partial charge in [-0.1, -0.05) is 123 Å². The SMILES string of the molecule is [C-]#[N+]c1ccc2c(c1)-c1cc(-c3ccc(-c4nc(-c5ccccc5)nc(-c5ccccc5)n4)cc3)ccc1C2(C)C. The molecule has 0 aliphatic heterocycles. The van der Waals surface area contributed by atoms with Crippen molar-refractivity contribution in [2.75, 3.05) is 0 Å². The zero-order chi connectivity index (χ0) is 28.0. The van der Waals surface area contributed by atoms with Crippen LogP contribution in [0.1, 0.15) is 25.0 Å². The summed E-state index contributed by atoms with van der Waals surface area (Å²) in [6.45, 7) is 12.0. The average molecular weight is 527 g/mol. The highest BCUT2D eigenvalue weighted by atomic mass is 15.0. The summed E-state index contributed by atoms with van der Waals surface area (Å²) in [6, 6.07) is 41.2. The van der Waals surface area contributed by atoms with Gasteiger partial charge in [0.25, 0.3) is 0 Å². The molecule has 0 fully saturated rings. The molecule has 1 heterocycles. The van der Waals surface area contributed by atoms with Crippen molar-refractivity contribution in [2.45, 2.75) is 19.3 Å². The molecule has 194 valence electrons. The third-order valence-electron chi connectivity index (χ3n) is 7.96. The minimum absolute atomic E-state index is 0.0980. The Morgan fingerprint density at radius 3 is 1.46 bits per heavy atom. The lowest BCUT2D eigenvalue weighted by Crippen LogP contribution is -2.14. The van der Waals surface area contributed by atoms with Crippen LogP contribution >= 0.6 is 0 Å². The summed E-state index contributed by atoms with van der Waals surface area (Å²) >= 11 is 0. The van der Waals surface area contributed by atoms with Crippen molar-refractivity contribution in [3.63, 3.8) is 0 Å². The molecule has 1 aliphatic carbocycles. The second-order valence-electron chi connectivity index (χ2n) is 10.8. The molecule has 0 N–H and O–H groups in total. The molecule has 0 bridgehead atoms. The van der Waals surface area contributed by atoms with Gasteiger partial charge in [-0.05, 0) is 45.5 Å². The van der Waals surface area contributed by atoms with Crippen LogP contribution in [0, 0.1) is 6.57 Å². The van der Waals surface area contributed by atoms with Crippen LogP contribution in [0.2, 0.25) is 0 Å². The Balaban J connectivity index is 1.28. The van der Waals surface area contributed by atoms with Crippen molar-refractivity contribution in [2.24, 2.45) is 0 Å². The number of nitrogens with zero attached hydrogens (tertiary/aromatic N) is 4. The van der Waals surface area contributed by atoms with Crippen LogP contribution in [0.4, 0.5) is 5.69 Å². The third kappa shape index (κ3) is 4.29. The molecule has 0 amide bonds. The van der Waals surface area contributed by atoms with Crippen LogP contribution in [0.25, 0.3) is 61.3 Å². The van der Waals surface area contributed by atoms with Crippen molar-refractivity contribution in [1.82, 2.24) is 15.0 Å². The quantitative estimate of drug-likeness (QED) is 0.215. The Morgan fingerprint density at radius 2 is 0.927 bits per heavy atom. The van der Waals surface area contributed by atoms with E-state index in [2.05, 4.69) is 67.2 Å². The van der Waals surface area contributed by atoms with Crippen LogP contribution in [0.3, 0.4) is 0 Å². The summed E-state index contributed by atoms with van der Waals surface area (Å²) in [7, 11) is 0. The van der Waals surface area contributed by atoms with E-state index in [0.29, 0.717) is 23.2 Å². The summed E-state index contributed by atoms with van der Waals surface area (Å²) in [5.74, 6) is 1.94. The lowest BCUT2D eigenvalue weighted by molar-refractivity contribution is 0.660. The number of rotatable bonds is 4. The van der Waals surface area contributed by atoms with Crippen LogP contribution in [0.5, 0.6) is 0 Å². The molecule has 0 atom stereocenters. The van der Waals surface area contributed by atoms with Crippen LogP contribution in [0.15, 0.2) is 121 Å². The Bertz CT molecular complexity index is 1890. The minimum Gasteiger partial charge on any atom is -0.238 e. The maximum absolute atomic E-state index is 7.49. The largest absolute Gasteiger partial charge is 0.238 e. The first-order chi connectivity index (χ1) is 20.0. The fourth-order valence-corrected chi connectivity index (χ4v) is 5.76. The Morgan fingerprint density at radius 1 is 0.488 bits per heavy atom. The van der Waals surface area contributed by atoms with Crippen LogP contribution in [-0.4, -0.2) is 15.0 Å². The molecule has 0 unspecified atom stereocenters. The molecule has 0 saturated heterocycles. The van der Waals surface area contributed by atoms with Gasteiger partial charge in [-0.3, -0.25) is 0 Å². The Kier molecular flexibility index (Phi) is 5.80. The summed E-state index contributed by atoms with van der Waals surface area (Å²) in [5.41, 5.74) is 10.6. The van der Waals surface area contributed by atoms with Gasteiger partial charge in [0.2, 0.25) is 0 Å². The maximum atomic E-state index is 7.49. The van der Waals surface area contributed by atoms with Gasteiger partial charge in [0.15, 0.2) is 23.2 Å². The standard InChI is InChI=1S/C37H26N4/c1-37(2)32-20-18-28(22-30(32)31-23-29(38-3)19-21-33(31)37)24-14-16-27(17-15-24)36-40-34(25-10-6-4-7-11-25)39-35(41-36)26-12-8-5-9-13-26/h4-23H,1-2H3. The number of aromatic nitrogens is 3. The second-order valence-corrected chi connectivity index (χ2v) is 10.8. The van der Waals surface area contributed by atoms with E-state index in [0.717, 1.165) is 33.4 Å². The number of hydrogen-bond acceptors (Lipinski definition) is 3. The lowest BCUT2D eigenvalue weighted by atomic mass is 9.82. The van der Waals surface area contributed by atoms with Gasteiger partial charge in [-0.15, -0.1) is 0 Å². The smallest absolute Gasteiger partial charge is 0.187 e. The fourth-order valence-electron chi connectivity index (χ4n) is 5.76. The first kappa shape index (κ1) is 24.6. The van der Waals surface area contributed by atoms with Gasteiger partial charge in [0.1, 0.15) is 0 Å². The number of benzene rings is 5. The Hall–Kier alpha value is -5.40. The zero-order valence-corrected chi connectivity index (χ0v) is 22.8. The molecule has 5 aromatic carbocycles. The van der Waals surface area contributed by atoms with E-state index in [1.807, 2.05) is 72.8 Å². The van der Waals surface area contributed by atoms with Crippen molar-refractivity contribution in [1.29, 1.82) is 0 Å². The first-order valence-corrected chi connectivity index (χ1v) is 13.7. The summed E-state index contributed by atoms with van der Waals surface area (Å²) in [6.07, 6.45) is 0. The minimum atomic E-state index is -0.0980. The van der Waals surface area contributed by atoms with Crippen molar-refractivity contribution >= 4 is 5.69 Å². The Labute approximate surface area is 239 Å². The molecule has 4 nitrogen and oxygen atoms in total. The molecule has 7 rings (SSSR count). The molecule has 0 radical (unpaired) electrons. The monoisotopic (exact) mass is 526 g/mol. The predicted octanol–water partition coefficient (Wildman–Crippen LogP) is 9.40. The molecule has 1 aromatic heterocycles. The van der Waals surface area contributed by atoms with Gasteiger partial charge in [0, 0.05) is 22.1 Å². The molecule has 0 spiro atoms. The summed E-state index contributed by atoms with van der Waals surface area (Å²) in [4.78, 5) is 18.2. The van der Waals surface area contributed by atoms with Gasteiger partial charge < -0.3 is 0 Å². The fraction of sp³-hybridized carbons (Fsp3) is 0.0811. The summed E-state index contributed by atoms with van der Waals surface area (Å²) < 4.78 is 0. The second kappa shape index (κ2) is 9.66. The normalized spacial score (nSPS) is 12.8. The van der Waals surface area contributed by atoms with E-state index in [4.69, 9.17) is 21.5 Å². The molecule has 4 heteroatoms. The van der Waals surface area contributed by atoms with Crippen molar-refractivity contribution in [3.05, 3.63) is 144 Å². The first-order valence-electron chi connectivity index (χ1n) is 13.7. The van der Waals surface area contributed by atoms with Gasteiger partial charge in [-0.2, -0.15) is 0 Å². The third-order valence-corrected chi connectivity index (χ3v) is 7.96. The molecule has 41 heavy (non-hydrogen) atoms. The van der Waals surface area contributed by atoms with E-state index < -0.39 is 0 Å². The topological polar surface area (TPSA) is 43.0 Å². The molecular formula is C37H26N4. The highest BCUT2D eigenvalue weighted by Gasteiger charge is 2.35. The van der Waals surface area contributed by atoms with Gasteiger partial charge in [-0.25, -0.2) is 19.8 Å². The molecular weight excluding hydrogens is 500 g/mol. The molecule has 6 aromatic rings. The van der Waals surface area contributed by atoms with E-state index in [-0.39, 0.29) is 5.41 Å². The van der Waals surface area contributed by atoms with E-state index in [1.165, 1.54) is 16.7 Å². The van der Waals surface area contributed by atoms with E-state index in [1.54, 1.807) is 0 Å². The van der Waals surface area contributed by atoms with Crippen molar-refractivity contribution in [3.8, 4) is 56.4 Å². The van der Waals surface area contributed by atoms with Crippen LogP contribution in [-0.2, 0) is 5.41 Å². The van der Waals surface area contributed by atoms with E-state index >= 15 is 0 Å². The highest BCUT2D eigenvalue weighted by Crippen LogP contribution is 2.50. The lowest BCUT2D eigenvalue weighted by Gasteiger charge is -2.21. The van der Waals surface area contributed by atoms with Gasteiger partial charge in [0.05, 0.1) is 6.57 Å². The highest BCUT2D eigenvalue weighted by molar-refractivity contribution is 5.86. The molecule has 0 saturated carbocycles.